The van der Waals surface area contributed by atoms with Crippen molar-refractivity contribution in [2.45, 2.75) is 37.3 Å². The third-order valence-corrected chi connectivity index (χ3v) is 5.37. The number of halogens is 1. The SMILES string of the molecule is COc1ccc(C=CC(=O)NC2CC3(CCC3)Oc3ccc(F)cc32)cc1. The topological polar surface area (TPSA) is 47.6 Å². The van der Waals surface area contributed by atoms with Crippen molar-refractivity contribution in [3.05, 3.63) is 65.5 Å². The van der Waals surface area contributed by atoms with Crippen LogP contribution < -0.4 is 14.8 Å². The molecule has 0 saturated heterocycles. The van der Waals surface area contributed by atoms with Gasteiger partial charge in [-0.15, -0.1) is 0 Å². The Morgan fingerprint density at radius 2 is 2.04 bits per heavy atom. The van der Waals surface area contributed by atoms with E-state index in [-0.39, 0.29) is 23.4 Å². The Kier molecular flexibility index (Phi) is 4.60. The first-order valence-electron chi connectivity index (χ1n) is 9.18. The number of benzene rings is 2. The predicted octanol–water partition coefficient (Wildman–Crippen LogP) is 4.41. The van der Waals surface area contributed by atoms with Crippen molar-refractivity contribution >= 4 is 12.0 Å². The Morgan fingerprint density at radius 3 is 2.70 bits per heavy atom. The van der Waals surface area contributed by atoms with Crippen LogP contribution in [0.3, 0.4) is 0 Å². The first kappa shape index (κ1) is 17.6. The molecule has 1 saturated carbocycles. The molecule has 27 heavy (non-hydrogen) atoms. The van der Waals surface area contributed by atoms with E-state index in [1.165, 1.54) is 18.2 Å². The molecule has 1 spiro atoms. The molecule has 1 fully saturated rings. The second kappa shape index (κ2) is 7.06. The van der Waals surface area contributed by atoms with Gasteiger partial charge in [-0.05, 0) is 61.2 Å². The zero-order valence-electron chi connectivity index (χ0n) is 15.2. The molecule has 140 valence electrons. The zero-order valence-corrected chi connectivity index (χ0v) is 15.2. The van der Waals surface area contributed by atoms with Gasteiger partial charge in [0.2, 0.25) is 5.91 Å². The van der Waals surface area contributed by atoms with Crippen LogP contribution in [-0.4, -0.2) is 18.6 Å². The number of amides is 1. The molecule has 1 unspecified atom stereocenters. The molecule has 1 aliphatic carbocycles. The summed E-state index contributed by atoms with van der Waals surface area (Å²) in [4.78, 5) is 12.5. The van der Waals surface area contributed by atoms with E-state index >= 15 is 0 Å². The highest BCUT2D eigenvalue weighted by Crippen LogP contribution is 2.48. The number of ether oxygens (including phenoxy) is 2. The third kappa shape index (κ3) is 3.68. The summed E-state index contributed by atoms with van der Waals surface area (Å²) in [7, 11) is 1.61. The molecule has 0 bridgehead atoms. The van der Waals surface area contributed by atoms with Crippen LogP contribution in [0.15, 0.2) is 48.5 Å². The Balaban J connectivity index is 1.49. The van der Waals surface area contributed by atoms with Crippen molar-refractivity contribution in [1.29, 1.82) is 0 Å². The van der Waals surface area contributed by atoms with E-state index in [1.54, 1.807) is 19.3 Å². The van der Waals surface area contributed by atoms with Gasteiger partial charge in [-0.25, -0.2) is 4.39 Å². The van der Waals surface area contributed by atoms with Crippen LogP contribution in [0.4, 0.5) is 4.39 Å². The summed E-state index contributed by atoms with van der Waals surface area (Å²) >= 11 is 0. The molecule has 2 aliphatic rings. The summed E-state index contributed by atoms with van der Waals surface area (Å²) in [6.45, 7) is 0. The van der Waals surface area contributed by atoms with Crippen molar-refractivity contribution in [2.75, 3.05) is 7.11 Å². The lowest BCUT2D eigenvalue weighted by molar-refractivity contribution is -0.118. The van der Waals surface area contributed by atoms with E-state index in [1.807, 2.05) is 24.3 Å². The van der Waals surface area contributed by atoms with Gasteiger partial charge >= 0.3 is 0 Å². The first-order chi connectivity index (χ1) is 13.1. The molecule has 1 amide bonds. The van der Waals surface area contributed by atoms with Gasteiger partial charge in [0.1, 0.15) is 22.9 Å². The third-order valence-electron chi connectivity index (χ3n) is 5.37. The van der Waals surface area contributed by atoms with Gasteiger partial charge in [0.05, 0.1) is 13.2 Å². The maximum Gasteiger partial charge on any atom is 0.244 e. The molecule has 0 radical (unpaired) electrons. The number of carbonyl (C=O) groups is 1. The van der Waals surface area contributed by atoms with Crippen LogP contribution in [0.5, 0.6) is 11.5 Å². The average Bonchev–Trinajstić information content (AvgIpc) is 2.65. The Hall–Kier alpha value is -2.82. The van der Waals surface area contributed by atoms with Gasteiger partial charge in [0.15, 0.2) is 0 Å². The zero-order chi connectivity index (χ0) is 18.9. The number of hydrogen-bond donors (Lipinski definition) is 1. The second-order valence-corrected chi connectivity index (χ2v) is 7.19. The molecule has 4 nitrogen and oxygen atoms in total. The quantitative estimate of drug-likeness (QED) is 0.815. The number of rotatable bonds is 4. The molecule has 0 aromatic heterocycles. The van der Waals surface area contributed by atoms with Gasteiger partial charge in [0, 0.05) is 18.1 Å². The first-order valence-corrected chi connectivity index (χ1v) is 9.18. The van der Waals surface area contributed by atoms with Crippen molar-refractivity contribution in [3.63, 3.8) is 0 Å². The molecule has 4 rings (SSSR count). The number of nitrogens with one attached hydrogen (secondary N) is 1. The monoisotopic (exact) mass is 367 g/mol. The van der Waals surface area contributed by atoms with E-state index in [4.69, 9.17) is 9.47 Å². The standard InChI is InChI=1S/C22H22FNO3/c1-26-17-7-3-15(4-8-17)5-10-21(25)24-19-14-22(11-2-12-22)27-20-9-6-16(23)13-18(19)20/h3-10,13,19H,2,11-12,14H2,1H3,(H,24,25). The van der Waals surface area contributed by atoms with E-state index in [0.29, 0.717) is 17.7 Å². The summed E-state index contributed by atoms with van der Waals surface area (Å²) in [6, 6.07) is 11.7. The fourth-order valence-corrected chi connectivity index (χ4v) is 3.75. The lowest BCUT2D eigenvalue weighted by Gasteiger charge is -2.48. The Bertz CT molecular complexity index is 872. The molecule has 2 aromatic carbocycles. The van der Waals surface area contributed by atoms with E-state index in [9.17, 15) is 9.18 Å². The van der Waals surface area contributed by atoms with Crippen LogP contribution in [-0.2, 0) is 4.79 Å². The van der Waals surface area contributed by atoms with Crippen LogP contribution in [0, 0.1) is 5.82 Å². The second-order valence-electron chi connectivity index (χ2n) is 7.19. The number of methoxy groups -OCH3 is 1. The molecule has 1 heterocycles. The van der Waals surface area contributed by atoms with E-state index in [0.717, 1.165) is 30.6 Å². The predicted molar refractivity (Wildman–Crippen MR) is 101 cm³/mol. The van der Waals surface area contributed by atoms with Crippen LogP contribution in [0.2, 0.25) is 0 Å². The maximum absolute atomic E-state index is 13.7. The van der Waals surface area contributed by atoms with Crippen molar-refractivity contribution in [3.8, 4) is 11.5 Å². The van der Waals surface area contributed by atoms with Gasteiger partial charge in [-0.3, -0.25) is 4.79 Å². The number of carbonyl (C=O) groups excluding carboxylic acids is 1. The highest BCUT2D eigenvalue weighted by Gasteiger charge is 2.45. The highest BCUT2D eigenvalue weighted by atomic mass is 19.1. The van der Waals surface area contributed by atoms with Gasteiger partial charge in [-0.1, -0.05) is 12.1 Å². The van der Waals surface area contributed by atoms with Crippen LogP contribution >= 0.6 is 0 Å². The van der Waals surface area contributed by atoms with Crippen LogP contribution in [0.25, 0.3) is 6.08 Å². The minimum Gasteiger partial charge on any atom is -0.497 e. The van der Waals surface area contributed by atoms with Crippen molar-refractivity contribution < 1.29 is 18.7 Å². The summed E-state index contributed by atoms with van der Waals surface area (Å²) in [5.74, 6) is 0.910. The lowest BCUT2D eigenvalue weighted by atomic mass is 9.73. The normalized spacial score (nSPS) is 19.9. The minimum atomic E-state index is -0.324. The molecular weight excluding hydrogens is 345 g/mol. The van der Waals surface area contributed by atoms with Crippen molar-refractivity contribution in [2.24, 2.45) is 0 Å². The minimum absolute atomic E-state index is 0.206. The Morgan fingerprint density at radius 1 is 1.26 bits per heavy atom. The lowest BCUT2D eigenvalue weighted by Crippen LogP contribution is -2.49. The van der Waals surface area contributed by atoms with Gasteiger partial charge in [-0.2, -0.15) is 0 Å². The maximum atomic E-state index is 13.7. The summed E-state index contributed by atoms with van der Waals surface area (Å²) in [5, 5.41) is 3.02. The fraction of sp³-hybridized carbons (Fsp3) is 0.318. The molecule has 1 atom stereocenters. The summed E-state index contributed by atoms with van der Waals surface area (Å²) in [5.41, 5.74) is 1.39. The molecule has 2 aromatic rings. The fourth-order valence-electron chi connectivity index (χ4n) is 3.75. The largest absolute Gasteiger partial charge is 0.497 e. The van der Waals surface area contributed by atoms with E-state index < -0.39 is 0 Å². The van der Waals surface area contributed by atoms with E-state index in [2.05, 4.69) is 5.32 Å². The molecule has 5 heteroatoms. The smallest absolute Gasteiger partial charge is 0.244 e. The average molecular weight is 367 g/mol. The highest BCUT2D eigenvalue weighted by molar-refractivity contribution is 5.92. The Labute approximate surface area is 158 Å². The number of fused-ring (bicyclic) bond motifs is 1. The van der Waals surface area contributed by atoms with Gasteiger partial charge < -0.3 is 14.8 Å². The number of hydrogen-bond acceptors (Lipinski definition) is 3. The molecule has 1 aliphatic heterocycles. The summed E-state index contributed by atoms with van der Waals surface area (Å²) in [6.07, 6.45) is 6.99. The summed E-state index contributed by atoms with van der Waals surface area (Å²) < 4.78 is 25.0. The molecular formula is C22H22FNO3. The van der Waals surface area contributed by atoms with Crippen LogP contribution in [0.1, 0.15) is 42.9 Å². The van der Waals surface area contributed by atoms with Gasteiger partial charge in [0.25, 0.3) is 0 Å². The van der Waals surface area contributed by atoms with Crippen molar-refractivity contribution in [1.82, 2.24) is 5.32 Å². The molecule has 1 N–H and O–H groups in total.